The summed E-state index contributed by atoms with van der Waals surface area (Å²) >= 11 is 0. The van der Waals surface area contributed by atoms with Gasteiger partial charge in [-0.3, -0.25) is 28.8 Å². The highest BCUT2D eigenvalue weighted by molar-refractivity contribution is 6.74. The van der Waals surface area contributed by atoms with Crippen molar-refractivity contribution in [1.82, 2.24) is 5.32 Å². The van der Waals surface area contributed by atoms with Crippen LogP contribution in [0.4, 0.5) is 0 Å². The first-order valence-electron chi connectivity index (χ1n) is 16.5. The lowest BCUT2D eigenvalue weighted by Crippen LogP contribution is -2.69. The molecule has 2 fully saturated rings. The first kappa shape index (κ1) is 43.7. The quantitative estimate of drug-likeness (QED) is 0.110. The third-order valence-corrected chi connectivity index (χ3v) is 12.9. The third kappa shape index (κ3) is 12.9. The number of rotatable bonds is 15. The molecule has 2 saturated heterocycles. The summed E-state index contributed by atoms with van der Waals surface area (Å²) in [5.74, 6) is -4.47. The zero-order valence-corrected chi connectivity index (χ0v) is 32.2. The average Bonchev–Trinajstić information content (AvgIpc) is 2.97. The summed E-state index contributed by atoms with van der Waals surface area (Å²) in [5.41, 5.74) is 0. The Bertz CT molecular complexity index is 1270. The fraction of sp³-hybridized carbons (Fsp3) is 0.758. The van der Waals surface area contributed by atoms with Gasteiger partial charge in [0.25, 0.3) is 0 Å². The molecular weight excluding hydrogens is 694 g/mol. The topological polar surface area (TPSA) is 207 Å². The van der Waals surface area contributed by atoms with Crippen molar-refractivity contribution in [3.8, 4) is 0 Å². The lowest BCUT2D eigenvalue weighted by molar-refractivity contribution is -0.349. The van der Waals surface area contributed by atoms with Gasteiger partial charge < -0.3 is 52.4 Å². The van der Waals surface area contributed by atoms with Crippen molar-refractivity contribution < 1.29 is 75.8 Å². The van der Waals surface area contributed by atoms with Crippen molar-refractivity contribution >= 4 is 44.1 Å². The van der Waals surface area contributed by atoms with Crippen molar-refractivity contribution in [2.24, 2.45) is 0 Å². The third-order valence-electron chi connectivity index (χ3n) is 8.35. The number of esters is 5. The van der Waals surface area contributed by atoms with E-state index in [0.717, 1.165) is 34.6 Å². The van der Waals surface area contributed by atoms with E-state index in [1.807, 2.05) is 33.9 Å². The summed E-state index contributed by atoms with van der Waals surface area (Å²) in [6.45, 7) is 20.0. The molecule has 2 heterocycles. The van der Waals surface area contributed by atoms with Crippen LogP contribution in [0.25, 0.3) is 0 Å². The number of carbonyl (C=O) groups excluding carboxylic acids is 6. The van der Waals surface area contributed by atoms with Gasteiger partial charge in [-0.05, 0) is 18.1 Å². The van der Waals surface area contributed by atoms with Gasteiger partial charge in [0, 0.05) is 41.5 Å². The summed E-state index contributed by atoms with van der Waals surface area (Å²) < 4.78 is 59.0. The van der Waals surface area contributed by atoms with Gasteiger partial charge >= 0.3 is 29.8 Å². The molecule has 0 radical (unpaired) electrons. The van der Waals surface area contributed by atoms with Crippen molar-refractivity contribution in [3.05, 3.63) is 12.7 Å². The molecule has 0 unspecified atom stereocenters. The molecule has 51 heavy (non-hydrogen) atoms. The fourth-order valence-electron chi connectivity index (χ4n) is 5.19. The van der Waals surface area contributed by atoms with E-state index in [4.69, 9.17) is 47.1 Å². The van der Waals surface area contributed by atoms with Gasteiger partial charge in [-0.15, -0.1) is 6.58 Å². The van der Waals surface area contributed by atoms with Crippen LogP contribution in [0.5, 0.6) is 0 Å². The van der Waals surface area contributed by atoms with Crippen LogP contribution in [0.3, 0.4) is 0 Å². The minimum atomic E-state index is -2.46. The molecule has 0 saturated carbocycles. The zero-order chi connectivity index (χ0) is 38.8. The lowest BCUT2D eigenvalue weighted by Gasteiger charge is -2.49. The van der Waals surface area contributed by atoms with Crippen LogP contribution < -0.4 is 5.32 Å². The van der Waals surface area contributed by atoms with Gasteiger partial charge in [-0.25, -0.2) is 0 Å². The molecule has 10 atom stereocenters. The van der Waals surface area contributed by atoms with E-state index < -0.39 is 112 Å². The zero-order valence-electron chi connectivity index (χ0n) is 31.2. The normalized spacial score (nSPS) is 29.5. The van der Waals surface area contributed by atoms with Crippen LogP contribution in [-0.4, -0.2) is 125 Å². The van der Waals surface area contributed by atoms with E-state index in [1.165, 1.54) is 13.0 Å². The first-order valence-corrected chi connectivity index (χ1v) is 19.4. The predicted molar refractivity (Wildman–Crippen MR) is 178 cm³/mol. The predicted octanol–water partition coefficient (Wildman–Crippen LogP) is 1.84. The van der Waals surface area contributed by atoms with Crippen LogP contribution in [0.1, 0.15) is 62.3 Å². The molecule has 2 aliphatic heterocycles. The highest BCUT2D eigenvalue weighted by Crippen LogP contribution is 2.39. The van der Waals surface area contributed by atoms with Crippen molar-refractivity contribution in [1.29, 1.82) is 0 Å². The molecule has 0 aromatic heterocycles. The highest BCUT2D eigenvalue weighted by atomic mass is 28.4. The lowest BCUT2D eigenvalue weighted by atomic mass is 9.94. The van der Waals surface area contributed by atoms with Gasteiger partial charge in [0.05, 0.1) is 13.2 Å². The number of carbonyl (C=O) groups is 6. The molecule has 0 bridgehead atoms. The maximum absolute atomic E-state index is 12.6. The Kier molecular flexibility index (Phi) is 16.2. The first-order chi connectivity index (χ1) is 23.6. The van der Waals surface area contributed by atoms with Crippen LogP contribution in [0.15, 0.2) is 12.7 Å². The van der Waals surface area contributed by atoms with Gasteiger partial charge in [0.2, 0.25) is 5.91 Å². The molecule has 0 aromatic rings. The largest absolute Gasteiger partial charge is 0.463 e. The summed E-state index contributed by atoms with van der Waals surface area (Å²) in [7, 11) is -2.46. The highest BCUT2D eigenvalue weighted by Gasteiger charge is 2.57. The molecule has 2 aliphatic rings. The summed E-state index contributed by atoms with van der Waals surface area (Å²) in [5, 5.41) is 2.47. The van der Waals surface area contributed by atoms with E-state index in [2.05, 4.69) is 11.9 Å². The number of amides is 1. The minimum absolute atomic E-state index is 0.00539. The van der Waals surface area contributed by atoms with Crippen LogP contribution in [-0.2, 0) is 75.8 Å². The molecule has 2 rings (SSSR count). The van der Waals surface area contributed by atoms with E-state index in [1.54, 1.807) is 0 Å². The number of hydrogen-bond donors (Lipinski definition) is 1. The number of ether oxygens (including phenoxy) is 9. The van der Waals surface area contributed by atoms with E-state index in [9.17, 15) is 28.8 Å². The minimum Gasteiger partial charge on any atom is -0.463 e. The Morgan fingerprint density at radius 2 is 1.18 bits per heavy atom. The number of nitrogens with one attached hydrogen (secondary N) is 1. The van der Waals surface area contributed by atoms with Gasteiger partial charge in [0.15, 0.2) is 45.3 Å². The second-order valence-electron chi connectivity index (χ2n) is 13.7. The molecule has 17 nitrogen and oxygen atoms in total. The average molecular weight is 748 g/mol. The molecular formula is C33H53NO16Si. The molecule has 290 valence electrons. The molecule has 1 amide bonds. The molecule has 0 aromatic carbocycles. The standard InChI is InChI=1S/C33H53NO16Si/c1-13-14-41-31-25(34-17(2)35)28(45-20(5)38)26(24(48-31)16-43-51(11,12)33(8,9)10)50-32-30(47-22(7)40)29(46-21(6)39)27(44-19(4)37)23(49-32)15-42-18(3)36/h13,23-32H,1,14-16H2,2-12H3,(H,34,35)/t23-,24-,25-,26-,27+,28-,29+,30-,31-,32+/m1/s1. The van der Waals surface area contributed by atoms with E-state index in [0.29, 0.717) is 0 Å². The van der Waals surface area contributed by atoms with Crippen molar-refractivity contribution in [2.45, 2.75) is 142 Å². The smallest absolute Gasteiger partial charge is 0.303 e. The van der Waals surface area contributed by atoms with Crippen LogP contribution >= 0.6 is 0 Å². The Hall–Kier alpha value is -3.42. The molecule has 1 N–H and O–H groups in total. The molecule has 0 aliphatic carbocycles. The summed E-state index contributed by atoms with van der Waals surface area (Å²) in [4.78, 5) is 74.0. The molecule has 18 heteroatoms. The van der Waals surface area contributed by atoms with Crippen molar-refractivity contribution in [3.63, 3.8) is 0 Å². The Balaban J connectivity index is 2.78. The maximum Gasteiger partial charge on any atom is 0.303 e. The van der Waals surface area contributed by atoms with E-state index in [-0.39, 0.29) is 18.3 Å². The van der Waals surface area contributed by atoms with Gasteiger partial charge in [-0.1, -0.05) is 26.8 Å². The van der Waals surface area contributed by atoms with Crippen LogP contribution in [0, 0.1) is 0 Å². The van der Waals surface area contributed by atoms with E-state index >= 15 is 0 Å². The monoisotopic (exact) mass is 747 g/mol. The molecule has 0 spiro atoms. The van der Waals surface area contributed by atoms with Gasteiger partial charge in [-0.2, -0.15) is 0 Å². The van der Waals surface area contributed by atoms with Crippen LogP contribution in [0.2, 0.25) is 18.1 Å². The SMILES string of the molecule is C=CCO[C@@H]1O[C@H](CO[Si](C)(C)C(C)(C)C)[C@@H](O[C@@H]2O[C@H](COC(C)=O)[C@H](OC(C)=O)[C@H](OC(C)=O)[C@H]2OC(C)=O)[C@H](OC(C)=O)[C@H]1NC(C)=O. The Morgan fingerprint density at radius 3 is 1.67 bits per heavy atom. The fourth-order valence-corrected chi connectivity index (χ4v) is 6.20. The second-order valence-corrected chi connectivity index (χ2v) is 18.5. The summed E-state index contributed by atoms with van der Waals surface area (Å²) in [6, 6.07) is -1.16. The second kappa shape index (κ2) is 18.9. The maximum atomic E-state index is 12.6. The number of hydrogen-bond acceptors (Lipinski definition) is 16. The van der Waals surface area contributed by atoms with Gasteiger partial charge in [0.1, 0.15) is 31.0 Å². The van der Waals surface area contributed by atoms with Crippen molar-refractivity contribution in [2.75, 3.05) is 19.8 Å². The Labute approximate surface area is 299 Å². The summed E-state index contributed by atoms with van der Waals surface area (Å²) in [6.07, 6.45) is -11.1. The Morgan fingerprint density at radius 1 is 0.686 bits per heavy atom.